The van der Waals surface area contributed by atoms with Crippen LogP contribution in [-0.2, 0) is 9.53 Å². The summed E-state index contributed by atoms with van der Waals surface area (Å²) in [5.74, 6) is -0.198. The maximum absolute atomic E-state index is 11.0. The van der Waals surface area contributed by atoms with Gasteiger partial charge in [0.05, 0.1) is 17.7 Å². The van der Waals surface area contributed by atoms with Crippen molar-refractivity contribution < 1.29 is 14.5 Å². The number of thiocarbonyl (C=S) groups is 1. The molecule has 9 heteroatoms. The Morgan fingerprint density at radius 1 is 1.36 bits per heavy atom. The minimum absolute atomic E-state index is 0.0136. The zero-order chi connectivity index (χ0) is 18.7. The first-order valence-electron chi connectivity index (χ1n) is 7.84. The van der Waals surface area contributed by atoms with Gasteiger partial charge in [-0.2, -0.15) is 5.10 Å². The van der Waals surface area contributed by atoms with Crippen LogP contribution in [0.15, 0.2) is 29.4 Å². The summed E-state index contributed by atoms with van der Waals surface area (Å²) in [6.45, 7) is 2.40. The van der Waals surface area contributed by atoms with Gasteiger partial charge in [-0.3, -0.25) is 20.3 Å². The van der Waals surface area contributed by atoms with E-state index < -0.39 is 4.92 Å². The molecule has 0 aliphatic rings. The van der Waals surface area contributed by atoms with Crippen molar-refractivity contribution >= 4 is 34.7 Å². The number of nitrogens with zero attached hydrogens (tertiary/aromatic N) is 2. The summed E-state index contributed by atoms with van der Waals surface area (Å²) in [5.41, 5.74) is 3.96. The Morgan fingerprint density at radius 2 is 2.12 bits per heavy atom. The van der Waals surface area contributed by atoms with Gasteiger partial charge in [0.2, 0.25) is 0 Å². The van der Waals surface area contributed by atoms with Crippen molar-refractivity contribution in [2.75, 3.05) is 13.7 Å². The monoisotopic (exact) mass is 366 g/mol. The van der Waals surface area contributed by atoms with Crippen LogP contribution in [0.1, 0.15) is 38.2 Å². The first-order valence-corrected chi connectivity index (χ1v) is 8.24. The number of ether oxygens (including phenoxy) is 1. The quantitative estimate of drug-likeness (QED) is 0.173. The summed E-state index contributed by atoms with van der Waals surface area (Å²) in [7, 11) is 1.38. The Labute approximate surface area is 151 Å². The molecule has 0 bridgehead atoms. The smallest absolute Gasteiger partial charge is 0.305 e. The van der Waals surface area contributed by atoms with E-state index in [9.17, 15) is 14.9 Å². The molecule has 1 aromatic carbocycles. The fourth-order valence-electron chi connectivity index (χ4n) is 1.96. The largest absolute Gasteiger partial charge is 0.469 e. The van der Waals surface area contributed by atoms with Gasteiger partial charge in [0.1, 0.15) is 0 Å². The van der Waals surface area contributed by atoms with E-state index in [1.54, 1.807) is 19.1 Å². The molecule has 0 saturated heterocycles. The molecule has 1 rings (SSSR count). The molecule has 0 aliphatic heterocycles. The maximum atomic E-state index is 11.0. The van der Waals surface area contributed by atoms with E-state index in [2.05, 4.69) is 20.6 Å². The summed E-state index contributed by atoms with van der Waals surface area (Å²) in [5, 5.41) is 18.3. The number of hydrogen-bond acceptors (Lipinski definition) is 6. The molecular formula is C16H22N4O4S. The molecule has 0 heterocycles. The number of nitrogens with one attached hydrogen (secondary N) is 2. The molecule has 1 aromatic rings. The van der Waals surface area contributed by atoms with Gasteiger partial charge in [0.25, 0.3) is 5.69 Å². The van der Waals surface area contributed by atoms with Crippen LogP contribution < -0.4 is 10.7 Å². The van der Waals surface area contributed by atoms with Crippen LogP contribution in [0.25, 0.3) is 0 Å². The summed E-state index contributed by atoms with van der Waals surface area (Å²) in [4.78, 5) is 21.3. The highest BCUT2D eigenvalue weighted by Crippen LogP contribution is 2.13. The third-order valence-corrected chi connectivity index (χ3v) is 3.61. The molecule has 136 valence electrons. The molecule has 0 spiro atoms. The minimum atomic E-state index is -0.448. The van der Waals surface area contributed by atoms with E-state index >= 15 is 0 Å². The number of nitro benzene ring substituents is 1. The molecule has 0 aromatic heterocycles. The zero-order valence-corrected chi connectivity index (χ0v) is 15.1. The number of unbranched alkanes of at least 4 members (excludes halogenated alkanes) is 2. The second-order valence-electron chi connectivity index (χ2n) is 5.26. The van der Waals surface area contributed by atoms with Crippen molar-refractivity contribution in [2.24, 2.45) is 5.10 Å². The first-order chi connectivity index (χ1) is 11.9. The van der Waals surface area contributed by atoms with Gasteiger partial charge in [-0.25, -0.2) is 0 Å². The third kappa shape index (κ3) is 8.20. The Hall–Kier alpha value is -2.55. The van der Waals surface area contributed by atoms with Crippen LogP contribution in [0, 0.1) is 10.1 Å². The van der Waals surface area contributed by atoms with Crippen LogP contribution in [0.2, 0.25) is 0 Å². The lowest BCUT2D eigenvalue weighted by atomic mass is 10.1. The van der Waals surface area contributed by atoms with Gasteiger partial charge in [-0.15, -0.1) is 0 Å². The lowest BCUT2D eigenvalue weighted by Crippen LogP contribution is -2.33. The standard InChI is InChI=1S/C16H22N4O4S/c1-12(13-7-6-8-14(11-13)20(22)23)18-19-16(25)17-10-5-3-4-9-15(21)24-2/h6-8,11H,3-5,9-10H2,1-2H3,(H2,17,19,25)/b18-12-. The maximum Gasteiger partial charge on any atom is 0.305 e. The highest BCUT2D eigenvalue weighted by Gasteiger charge is 2.07. The highest BCUT2D eigenvalue weighted by molar-refractivity contribution is 7.80. The number of nitro groups is 1. The van der Waals surface area contributed by atoms with Crippen molar-refractivity contribution in [1.29, 1.82) is 0 Å². The average molecular weight is 366 g/mol. The number of esters is 1. The Balaban J connectivity index is 2.32. The van der Waals surface area contributed by atoms with Gasteiger partial charge < -0.3 is 10.1 Å². The van der Waals surface area contributed by atoms with Crippen LogP contribution >= 0.6 is 12.2 Å². The molecule has 0 aliphatic carbocycles. The van der Waals surface area contributed by atoms with Crippen LogP contribution in [-0.4, -0.2) is 35.4 Å². The molecule has 0 saturated carbocycles. The second-order valence-corrected chi connectivity index (χ2v) is 5.67. The number of carbonyl (C=O) groups excluding carboxylic acids is 1. The van der Waals surface area contributed by atoms with E-state index in [4.69, 9.17) is 12.2 Å². The molecule has 25 heavy (non-hydrogen) atoms. The number of non-ortho nitro benzene ring substituents is 1. The van der Waals surface area contributed by atoms with Crippen molar-refractivity contribution in [3.05, 3.63) is 39.9 Å². The molecule has 0 unspecified atom stereocenters. The molecule has 8 nitrogen and oxygen atoms in total. The summed E-state index contributed by atoms with van der Waals surface area (Å²) >= 11 is 5.12. The Bertz CT molecular complexity index is 649. The number of hydrogen-bond donors (Lipinski definition) is 2. The highest BCUT2D eigenvalue weighted by atomic mass is 32.1. The van der Waals surface area contributed by atoms with E-state index in [-0.39, 0.29) is 11.7 Å². The van der Waals surface area contributed by atoms with Crippen molar-refractivity contribution in [3.63, 3.8) is 0 Å². The normalized spacial score (nSPS) is 10.9. The van der Waals surface area contributed by atoms with E-state index in [0.29, 0.717) is 29.4 Å². The number of hydrazone groups is 1. The summed E-state index contributed by atoms with van der Waals surface area (Å²) < 4.78 is 4.57. The van der Waals surface area contributed by atoms with Gasteiger partial charge in [0, 0.05) is 30.7 Å². The summed E-state index contributed by atoms with van der Waals surface area (Å²) in [6, 6.07) is 6.23. The van der Waals surface area contributed by atoms with Gasteiger partial charge in [-0.1, -0.05) is 18.6 Å². The van der Waals surface area contributed by atoms with Crippen LogP contribution in [0.3, 0.4) is 0 Å². The number of methoxy groups -OCH3 is 1. The zero-order valence-electron chi connectivity index (χ0n) is 14.3. The number of carbonyl (C=O) groups is 1. The van der Waals surface area contributed by atoms with Gasteiger partial charge in [0.15, 0.2) is 5.11 Å². The molecule has 0 radical (unpaired) electrons. The molecule has 0 fully saturated rings. The first kappa shape index (κ1) is 20.5. The van der Waals surface area contributed by atoms with Crippen molar-refractivity contribution in [1.82, 2.24) is 10.7 Å². The van der Waals surface area contributed by atoms with Gasteiger partial charge in [-0.05, 0) is 32.0 Å². The fourth-order valence-corrected chi connectivity index (χ4v) is 2.11. The molecule has 0 amide bonds. The van der Waals surface area contributed by atoms with Crippen LogP contribution in [0.5, 0.6) is 0 Å². The lowest BCUT2D eigenvalue weighted by molar-refractivity contribution is -0.384. The predicted molar refractivity (Wildman–Crippen MR) is 99.5 cm³/mol. The SMILES string of the molecule is COC(=O)CCCCCNC(=S)N/N=C(/C)c1cccc([N+](=O)[O-])c1. The van der Waals surface area contributed by atoms with E-state index in [1.165, 1.54) is 19.2 Å². The second kappa shape index (κ2) is 11.1. The summed E-state index contributed by atoms with van der Waals surface area (Å²) in [6.07, 6.45) is 2.96. The Kier molecular flexibility index (Phi) is 9.09. The molecule has 0 atom stereocenters. The molecular weight excluding hydrogens is 344 g/mol. The topological polar surface area (TPSA) is 106 Å². The van der Waals surface area contributed by atoms with Crippen molar-refractivity contribution in [2.45, 2.75) is 32.6 Å². The number of rotatable bonds is 9. The van der Waals surface area contributed by atoms with E-state index in [0.717, 1.165) is 19.3 Å². The third-order valence-electron chi connectivity index (χ3n) is 3.37. The minimum Gasteiger partial charge on any atom is -0.469 e. The molecule has 2 N–H and O–H groups in total. The van der Waals surface area contributed by atoms with Crippen LogP contribution in [0.4, 0.5) is 5.69 Å². The Morgan fingerprint density at radius 3 is 2.80 bits per heavy atom. The van der Waals surface area contributed by atoms with Gasteiger partial charge >= 0.3 is 5.97 Å². The fraction of sp³-hybridized carbons (Fsp3) is 0.438. The average Bonchev–Trinajstić information content (AvgIpc) is 2.62. The number of benzene rings is 1. The lowest BCUT2D eigenvalue weighted by Gasteiger charge is -2.08. The predicted octanol–water partition coefficient (Wildman–Crippen LogP) is 2.52. The van der Waals surface area contributed by atoms with Crippen molar-refractivity contribution in [3.8, 4) is 0 Å². The van der Waals surface area contributed by atoms with E-state index in [1.807, 2.05) is 0 Å².